The maximum Gasteiger partial charge on any atom is 0.261 e. The smallest absolute Gasteiger partial charge is 0.261 e. The SMILES string of the molecule is CC(CCCCl)NC(=O)c1ccc(Cl)s1. The number of carbonyl (C=O) groups excluding carboxylic acids is 1. The van der Waals surface area contributed by atoms with Crippen molar-refractivity contribution in [3.63, 3.8) is 0 Å². The normalized spacial score (nSPS) is 12.5. The summed E-state index contributed by atoms with van der Waals surface area (Å²) < 4.78 is 0.633. The van der Waals surface area contributed by atoms with Crippen LogP contribution in [0.4, 0.5) is 0 Å². The lowest BCUT2D eigenvalue weighted by atomic mass is 10.2. The van der Waals surface area contributed by atoms with E-state index in [1.54, 1.807) is 12.1 Å². The first-order valence-corrected chi connectivity index (χ1v) is 6.48. The van der Waals surface area contributed by atoms with Crippen LogP contribution in [0.3, 0.4) is 0 Å². The molecule has 0 aromatic carbocycles. The average molecular weight is 266 g/mol. The largest absolute Gasteiger partial charge is 0.349 e. The second-order valence-corrected chi connectivity index (χ2v) is 5.40. The van der Waals surface area contributed by atoms with Gasteiger partial charge in [-0.1, -0.05) is 11.6 Å². The van der Waals surface area contributed by atoms with Crippen molar-refractivity contribution in [1.29, 1.82) is 0 Å². The number of amides is 1. The van der Waals surface area contributed by atoms with E-state index in [0.29, 0.717) is 15.1 Å². The van der Waals surface area contributed by atoms with Gasteiger partial charge in [0.15, 0.2) is 0 Å². The fraction of sp³-hybridized carbons (Fsp3) is 0.500. The van der Waals surface area contributed by atoms with Gasteiger partial charge >= 0.3 is 0 Å². The van der Waals surface area contributed by atoms with Crippen LogP contribution in [0.2, 0.25) is 4.34 Å². The minimum Gasteiger partial charge on any atom is -0.349 e. The Kier molecular flexibility index (Phi) is 5.43. The molecule has 0 saturated heterocycles. The molecule has 5 heteroatoms. The molecule has 0 aliphatic rings. The van der Waals surface area contributed by atoms with E-state index in [0.717, 1.165) is 12.8 Å². The molecule has 0 aliphatic heterocycles. The lowest BCUT2D eigenvalue weighted by Gasteiger charge is -2.11. The van der Waals surface area contributed by atoms with Crippen molar-refractivity contribution >= 4 is 40.4 Å². The van der Waals surface area contributed by atoms with Crippen LogP contribution in [0.5, 0.6) is 0 Å². The molecule has 1 aromatic heterocycles. The van der Waals surface area contributed by atoms with Gasteiger partial charge in [0.2, 0.25) is 0 Å². The summed E-state index contributed by atoms with van der Waals surface area (Å²) >= 11 is 12.6. The summed E-state index contributed by atoms with van der Waals surface area (Å²) in [4.78, 5) is 12.3. The topological polar surface area (TPSA) is 29.1 Å². The number of hydrogen-bond acceptors (Lipinski definition) is 2. The van der Waals surface area contributed by atoms with Gasteiger partial charge in [-0.3, -0.25) is 4.79 Å². The predicted octanol–water partition coefficient (Wildman–Crippen LogP) is 3.54. The van der Waals surface area contributed by atoms with Crippen molar-refractivity contribution in [2.24, 2.45) is 0 Å². The molecule has 1 unspecified atom stereocenters. The van der Waals surface area contributed by atoms with Gasteiger partial charge in [-0.05, 0) is 31.9 Å². The molecule has 0 saturated carbocycles. The molecule has 0 spiro atoms. The van der Waals surface area contributed by atoms with Gasteiger partial charge in [-0.2, -0.15) is 0 Å². The highest BCUT2D eigenvalue weighted by Gasteiger charge is 2.11. The zero-order valence-corrected chi connectivity index (χ0v) is 10.8. The number of alkyl halides is 1. The van der Waals surface area contributed by atoms with Crippen LogP contribution in [0.15, 0.2) is 12.1 Å². The lowest BCUT2D eigenvalue weighted by Crippen LogP contribution is -2.31. The lowest BCUT2D eigenvalue weighted by molar-refractivity contribution is 0.0942. The number of nitrogens with one attached hydrogen (secondary N) is 1. The molecule has 1 amide bonds. The van der Waals surface area contributed by atoms with Gasteiger partial charge in [0.25, 0.3) is 5.91 Å². The van der Waals surface area contributed by atoms with E-state index in [-0.39, 0.29) is 11.9 Å². The molecule has 0 aliphatic carbocycles. The Morgan fingerprint density at radius 3 is 2.87 bits per heavy atom. The van der Waals surface area contributed by atoms with E-state index in [2.05, 4.69) is 5.32 Å². The van der Waals surface area contributed by atoms with E-state index >= 15 is 0 Å². The minimum absolute atomic E-state index is 0.0611. The first-order chi connectivity index (χ1) is 7.13. The second kappa shape index (κ2) is 6.36. The van der Waals surface area contributed by atoms with Crippen LogP contribution >= 0.6 is 34.5 Å². The molecule has 2 nitrogen and oxygen atoms in total. The molecule has 0 bridgehead atoms. The van der Waals surface area contributed by atoms with E-state index in [1.807, 2.05) is 6.92 Å². The number of rotatable bonds is 5. The molecular weight excluding hydrogens is 253 g/mol. The predicted molar refractivity (Wildman–Crippen MR) is 66.2 cm³/mol. The molecule has 1 N–H and O–H groups in total. The number of carbonyl (C=O) groups is 1. The Balaban J connectivity index is 2.42. The van der Waals surface area contributed by atoms with Crippen molar-refractivity contribution in [1.82, 2.24) is 5.32 Å². The first kappa shape index (κ1) is 12.8. The maximum absolute atomic E-state index is 11.6. The molecule has 0 radical (unpaired) electrons. The molecule has 1 rings (SSSR count). The number of thiophene rings is 1. The summed E-state index contributed by atoms with van der Waals surface area (Å²) in [5, 5.41) is 2.90. The Morgan fingerprint density at radius 1 is 1.60 bits per heavy atom. The molecule has 1 heterocycles. The van der Waals surface area contributed by atoms with Gasteiger partial charge in [0.05, 0.1) is 9.21 Å². The van der Waals surface area contributed by atoms with Crippen molar-refractivity contribution in [2.75, 3.05) is 5.88 Å². The van der Waals surface area contributed by atoms with E-state index in [4.69, 9.17) is 23.2 Å². The summed E-state index contributed by atoms with van der Waals surface area (Å²) in [5.41, 5.74) is 0. The van der Waals surface area contributed by atoms with Crippen LogP contribution in [0.1, 0.15) is 29.4 Å². The highest BCUT2D eigenvalue weighted by molar-refractivity contribution is 7.17. The van der Waals surface area contributed by atoms with Crippen LogP contribution in [-0.4, -0.2) is 17.8 Å². The van der Waals surface area contributed by atoms with Gasteiger partial charge in [-0.15, -0.1) is 22.9 Å². The van der Waals surface area contributed by atoms with Gasteiger partial charge in [0, 0.05) is 11.9 Å². The number of halogens is 2. The standard InChI is InChI=1S/C10H13Cl2NOS/c1-7(3-2-6-11)13-10(14)8-4-5-9(12)15-8/h4-5,7H,2-3,6H2,1H3,(H,13,14). The second-order valence-electron chi connectivity index (χ2n) is 3.31. The van der Waals surface area contributed by atoms with E-state index in [1.165, 1.54) is 11.3 Å². The zero-order valence-electron chi connectivity index (χ0n) is 8.43. The third-order valence-electron chi connectivity index (χ3n) is 1.95. The van der Waals surface area contributed by atoms with Crippen molar-refractivity contribution in [2.45, 2.75) is 25.8 Å². The third-order valence-corrected chi connectivity index (χ3v) is 3.44. The zero-order chi connectivity index (χ0) is 11.3. The van der Waals surface area contributed by atoms with Crippen molar-refractivity contribution < 1.29 is 4.79 Å². The molecule has 1 atom stereocenters. The van der Waals surface area contributed by atoms with Crippen molar-refractivity contribution in [3.8, 4) is 0 Å². The first-order valence-electron chi connectivity index (χ1n) is 4.75. The molecule has 0 fully saturated rings. The molecule has 1 aromatic rings. The average Bonchev–Trinajstić information content (AvgIpc) is 2.61. The van der Waals surface area contributed by atoms with Crippen LogP contribution in [0, 0.1) is 0 Å². The summed E-state index contributed by atoms with van der Waals surface area (Å²) in [6.07, 6.45) is 1.81. The molecule has 15 heavy (non-hydrogen) atoms. The van der Waals surface area contributed by atoms with Gasteiger partial charge in [-0.25, -0.2) is 0 Å². The Bertz CT molecular complexity index is 327. The Hall–Kier alpha value is -0.250. The van der Waals surface area contributed by atoms with E-state index in [9.17, 15) is 4.79 Å². The minimum atomic E-state index is -0.0611. The quantitative estimate of drug-likeness (QED) is 0.811. The van der Waals surface area contributed by atoms with Crippen LogP contribution in [0.25, 0.3) is 0 Å². The summed E-state index contributed by atoms with van der Waals surface area (Å²) in [6.45, 7) is 1.97. The summed E-state index contributed by atoms with van der Waals surface area (Å²) in [6, 6.07) is 3.61. The van der Waals surface area contributed by atoms with Crippen LogP contribution in [-0.2, 0) is 0 Å². The van der Waals surface area contributed by atoms with Crippen molar-refractivity contribution in [3.05, 3.63) is 21.3 Å². The number of hydrogen-bond donors (Lipinski definition) is 1. The molecular formula is C10H13Cl2NOS. The highest BCUT2D eigenvalue weighted by atomic mass is 35.5. The monoisotopic (exact) mass is 265 g/mol. The fourth-order valence-corrected chi connectivity index (χ4v) is 2.29. The third kappa shape index (κ3) is 4.41. The Morgan fingerprint density at radius 2 is 2.33 bits per heavy atom. The van der Waals surface area contributed by atoms with Gasteiger partial charge in [0.1, 0.15) is 0 Å². The van der Waals surface area contributed by atoms with Crippen LogP contribution < -0.4 is 5.32 Å². The maximum atomic E-state index is 11.6. The summed E-state index contributed by atoms with van der Waals surface area (Å²) in [5.74, 6) is 0.569. The Labute approximate surface area is 104 Å². The fourth-order valence-electron chi connectivity index (χ4n) is 1.19. The highest BCUT2D eigenvalue weighted by Crippen LogP contribution is 2.21. The van der Waals surface area contributed by atoms with E-state index < -0.39 is 0 Å². The molecule has 84 valence electrons. The summed E-state index contributed by atoms with van der Waals surface area (Å²) in [7, 11) is 0. The van der Waals surface area contributed by atoms with Gasteiger partial charge < -0.3 is 5.32 Å².